The average molecular weight is 218 g/mol. The SMILES string of the molecule is ClB(Cl)CCCCBr. The number of rotatable bonds is 4. The third-order valence-electron chi connectivity index (χ3n) is 0.806. The lowest BCUT2D eigenvalue weighted by Gasteiger charge is -1.92. The van der Waals surface area contributed by atoms with E-state index in [-0.39, 0.29) is 5.54 Å². The van der Waals surface area contributed by atoms with E-state index in [2.05, 4.69) is 15.9 Å². The predicted octanol–water partition coefficient (Wildman–Crippen LogP) is 3.13. The molecular weight excluding hydrogens is 210 g/mol. The van der Waals surface area contributed by atoms with Crippen LogP contribution in [0, 0.1) is 0 Å². The first-order chi connectivity index (χ1) is 3.77. The smallest absolute Gasteiger partial charge is 0.172 e. The van der Waals surface area contributed by atoms with Crippen molar-refractivity contribution in [2.75, 3.05) is 5.33 Å². The molecule has 0 aliphatic rings. The van der Waals surface area contributed by atoms with Crippen molar-refractivity contribution in [3.63, 3.8) is 0 Å². The highest BCUT2D eigenvalue weighted by molar-refractivity contribution is 9.09. The summed E-state index contributed by atoms with van der Waals surface area (Å²) >= 11 is 14.2. The third kappa shape index (κ3) is 7.12. The molecule has 0 fully saturated rings. The average Bonchev–Trinajstić information content (AvgIpc) is 1.66. The van der Waals surface area contributed by atoms with Crippen LogP contribution in [0.4, 0.5) is 0 Å². The maximum absolute atomic E-state index is 5.46. The molecule has 0 saturated carbocycles. The molecule has 0 aromatic rings. The zero-order chi connectivity index (χ0) is 6.41. The first kappa shape index (κ1) is 9.12. The summed E-state index contributed by atoms with van der Waals surface area (Å²) in [4.78, 5) is 0. The van der Waals surface area contributed by atoms with Gasteiger partial charge in [-0.15, -0.1) is 0 Å². The molecule has 0 aliphatic heterocycles. The van der Waals surface area contributed by atoms with Gasteiger partial charge in [-0.05, 0) is 12.7 Å². The third-order valence-corrected chi connectivity index (χ3v) is 1.80. The van der Waals surface area contributed by atoms with E-state index in [1.54, 1.807) is 0 Å². The lowest BCUT2D eigenvalue weighted by atomic mass is 9.97. The molecule has 0 amide bonds. The molecule has 48 valence electrons. The normalized spacial score (nSPS) is 9.38. The van der Waals surface area contributed by atoms with Crippen molar-refractivity contribution in [2.45, 2.75) is 19.2 Å². The van der Waals surface area contributed by atoms with Crippen LogP contribution in [0.3, 0.4) is 0 Å². The van der Waals surface area contributed by atoms with Gasteiger partial charge in [-0.1, -0.05) is 22.4 Å². The summed E-state index contributed by atoms with van der Waals surface area (Å²) in [6, 6.07) is 0. The van der Waals surface area contributed by atoms with E-state index in [1.807, 2.05) is 0 Å². The summed E-state index contributed by atoms with van der Waals surface area (Å²) in [5, 5.41) is 1.05. The minimum atomic E-state index is -0.172. The number of alkyl halides is 1. The van der Waals surface area contributed by atoms with Gasteiger partial charge in [0.1, 0.15) is 0 Å². The number of halogens is 3. The van der Waals surface area contributed by atoms with E-state index < -0.39 is 0 Å². The Bertz CT molecular complexity index is 51.3. The highest BCUT2D eigenvalue weighted by Gasteiger charge is 2.02. The summed E-state index contributed by atoms with van der Waals surface area (Å²) in [6.07, 6.45) is 3.19. The molecule has 0 aromatic carbocycles. The van der Waals surface area contributed by atoms with Gasteiger partial charge in [-0.3, -0.25) is 0 Å². The fourth-order valence-corrected chi connectivity index (χ4v) is 1.10. The fourth-order valence-electron chi connectivity index (χ4n) is 0.393. The van der Waals surface area contributed by atoms with Gasteiger partial charge in [0.25, 0.3) is 0 Å². The van der Waals surface area contributed by atoms with Crippen molar-refractivity contribution in [1.29, 1.82) is 0 Å². The highest BCUT2D eigenvalue weighted by Crippen LogP contribution is 2.08. The van der Waals surface area contributed by atoms with E-state index in [9.17, 15) is 0 Å². The summed E-state index contributed by atoms with van der Waals surface area (Å²) in [5.74, 6) is 0. The standard InChI is InChI=1S/C4H8BBrCl2/c6-4-2-1-3-5(7)8/h1-4H2. The Balaban J connectivity index is 2.72. The van der Waals surface area contributed by atoms with Gasteiger partial charge in [0.15, 0.2) is 0 Å². The van der Waals surface area contributed by atoms with Crippen molar-refractivity contribution in [3.8, 4) is 0 Å². The molecule has 0 bridgehead atoms. The molecule has 0 rings (SSSR count). The minimum absolute atomic E-state index is 0.172. The molecule has 0 aliphatic carbocycles. The van der Waals surface area contributed by atoms with Gasteiger partial charge >= 0.3 is 5.54 Å². The zero-order valence-electron chi connectivity index (χ0n) is 4.54. The van der Waals surface area contributed by atoms with Gasteiger partial charge in [-0.25, -0.2) is 0 Å². The van der Waals surface area contributed by atoms with Crippen molar-refractivity contribution >= 4 is 44.4 Å². The Labute approximate surface area is 69.0 Å². The van der Waals surface area contributed by atoms with E-state index in [4.69, 9.17) is 22.9 Å². The monoisotopic (exact) mass is 216 g/mol. The van der Waals surface area contributed by atoms with Gasteiger partial charge < -0.3 is 0 Å². The molecular formula is C4H8BBrCl2. The first-order valence-electron chi connectivity index (χ1n) is 2.61. The second-order valence-corrected chi connectivity index (χ2v) is 3.65. The molecule has 8 heavy (non-hydrogen) atoms. The Morgan fingerprint density at radius 2 is 1.88 bits per heavy atom. The molecule has 0 heterocycles. The van der Waals surface area contributed by atoms with Crippen molar-refractivity contribution < 1.29 is 0 Å². The van der Waals surface area contributed by atoms with Crippen LogP contribution in [0.25, 0.3) is 0 Å². The Morgan fingerprint density at radius 1 is 1.25 bits per heavy atom. The van der Waals surface area contributed by atoms with Crippen molar-refractivity contribution in [2.24, 2.45) is 0 Å². The number of hydrogen-bond donors (Lipinski definition) is 0. The summed E-state index contributed by atoms with van der Waals surface area (Å²) in [7, 11) is 0. The van der Waals surface area contributed by atoms with Crippen LogP contribution in [0.2, 0.25) is 6.32 Å². The molecule has 0 radical (unpaired) electrons. The van der Waals surface area contributed by atoms with Gasteiger partial charge in [0, 0.05) is 5.33 Å². The van der Waals surface area contributed by atoms with Gasteiger partial charge in [0.2, 0.25) is 0 Å². The minimum Gasteiger partial charge on any atom is -0.172 e. The second kappa shape index (κ2) is 6.25. The van der Waals surface area contributed by atoms with Gasteiger partial charge in [-0.2, -0.15) is 22.9 Å². The number of hydrogen-bond acceptors (Lipinski definition) is 0. The van der Waals surface area contributed by atoms with Crippen LogP contribution < -0.4 is 0 Å². The zero-order valence-corrected chi connectivity index (χ0v) is 7.64. The molecule has 0 nitrogen and oxygen atoms in total. The van der Waals surface area contributed by atoms with Crippen molar-refractivity contribution in [3.05, 3.63) is 0 Å². The maximum Gasteiger partial charge on any atom is 0.351 e. The second-order valence-electron chi connectivity index (χ2n) is 1.58. The van der Waals surface area contributed by atoms with Gasteiger partial charge in [0.05, 0.1) is 0 Å². The fraction of sp³-hybridized carbons (Fsp3) is 1.00. The topological polar surface area (TPSA) is 0 Å². The summed E-state index contributed by atoms with van der Waals surface area (Å²) in [5.41, 5.74) is -0.172. The van der Waals surface area contributed by atoms with E-state index >= 15 is 0 Å². The number of unbranched alkanes of at least 4 members (excludes halogenated alkanes) is 1. The molecule has 0 spiro atoms. The molecule has 0 aromatic heterocycles. The molecule has 0 unspecified atom stereocenters. The van der Waals surface area contributed by atoms with Crippen LogP contribution >= 0.6 is 38.9 Å². The Hall–Kier alpha value is 1.12. The van der Waals surface area contributed by atoms with Crippen LogP contribution in [-0.2, 0) is 0 Å². The Morgan fingerprint density at radius 3 is 2.25 bits per heavy atom. The molecule has 0 saturated heterocycles. The van der Waals surface area contributed by atoms with Crippen LogP contribution in [0.5, 0.6) is 0 Å². The molecule has 0 N–H and O–H groups in total. The largest absolute Gasteiger partial charge is 0.351 e. The van der Waals surface area contributed by atoms with Crippen LogP contribution in [0.15, 0.2) is 0 Å². The summed E-state index contributed by atoms with van der Waals surface area (Å²) in [6.45, 7) is 0. The maximum atomic E-state index is 5.46. The highest BCUT2D eigenvalue weighted by atomic mass is 79.9. The van der Waals surface area contributed by atoms with E-state index in [1.165, 1.54) is 0 Å². The van der Waals surface area contributed by atoms with Crippen LogP contribution in [-0.4, -0.2) is 10.9 Å². The molecule has 0 atom stereocenters. The first-order valence-corrected chi connectivity index (χ1v) is 4.61. The summed E-state index contributed by atoms with van der Waals surface area (Å²) < 4.78 is 0. The van der Waals surface area contributed by atoms with Crippen molar-refractivity contribution in [1.82, 2.24) is 0 Å². The van der Waals surface area contributed by atoms with Crippen LogP contribution in [0.1, 0.15) is 12.8 Å². The van der Waals surface area contributed by atoms with E-state index in [0.717, 1.165) is 24.5 Å². The lowest BCUT2D eigenvalue weighted by molar-refractivity contribution is 0.897. The quantitative estimate of drug-likeness (QED) is 0.386. The Kier molecular flexibility index (Phi) is 7.13. The lowest BCUT2D eigenvalue weighted by Crippen LogP contribution is -1.90. The predicted molar refractivity (Wildman–Crippen MR) is 45.3 cm³/mol. The molecule has 4 heteroatoms. The van der Waals surface area contributed by atoms with E-state index in [0.29, 0.717) is 0 Å².